The average Bonchev–Trinajstić information content (AvgIpc) is 2.28. The number of methoxy groups -OCH3 is 2. The first-order valence-corrected chi connectivity index (χ1v) is 5.51. The quantitative estimate of drug-likeness (QED) is 0.722. The first-order valence-electron chi connectivity index (χ1n) is 4.70. The molecule has 0 fully saturated rings. The second kappa shape index (κ2) is 4.03. The van der Waals surface area contributed by atoms with E-state index in [0.29, 0.717) is 0 Å². The summed E-state index contributed by atoms with van der Waals surface area (Å²) in [6.07, 6.45) is 0. The predicted molar refractivity (Wildman–Crippen MR) is 64.1 cm³/mol. The molecule has 1 heterocycles. The van der Waals surface area contributed by atoms with E-state index in [1.54, 1.807) is 25.6 Å². The molecule has 0 saturated heterocycles. The van der Waals surface area contributed by atoms with Gasteiger partial charge in [0.25, 0.3) is 11.3 Å². The van der Waals surface area contributed by atoms with Crippen LogP contribution in [0, 0.1) is 6.92 Å². The van der Waals surface area contributed by atoms with Gasteiger partial charge in [-0.25, -0.2) is 0 Å². The van der Waals surface area contributed by atoms with Gasteiger partial charge in [-0.1, -0.05) is 0 Å². The molecule has 3 heteroatoms. The van der Waals surface area contributed by atoms with E-state index in [-0.39, 0.29) is 0 Å². The van der Waals surface area contributed by atoms with Crippen LogP contribution < -0.4 is 9.47 Å². The van der Waals surface area contributed by atoms with Crippen molar-refractivity contribution in [3.63, 3.8) is 0 Å². The molecule has 78 valence electrons. The molecule has 0 aliphatic heterocycles. The maximum Gasteiger partial charge on any atom is 0.385 e. The number of hydrogen-bond acceptors (Lipinski definition) is 2. The molecule has 0 spiro atoms. The van der Waals surface area contributed by atoms with Crippen molar-refractivity contribution in [3.8, 4) is 10.8 Å². The minimum Gasteiger partial charge on any atom is -0.497 e. The third kappa shape index (κ3) is 1.88. The van der Waals surface area contributed by atoms with E-state index in [1.807, 2.05) is 12.1 Å². The van der Waals surface area contributed by atoms with E-state index in [4.69, 9.17) is 9.47 Å². The standard InChI is InChI=1S/C12H13O2S/c1-8-6-12(14-3)15-11-7-9(13-2)4-5-10(8)11/h4-7H,1-3H3/q+1. The molecule has 0 saturated carbocycles. The molecular formula is C12H13O2S+. The molecule has 1 aromatic heterocycles. The Kier molecular flexibility index (Phi) is 2.73. The van der Waals surface area contributed by atoms with Crippen molar-refractivity contribution in [1.29, 1.82) is 0 Å². The van der Waals surface area contributed by atoms with Crippen molar-refractivity contribution in [2.24, 2.45) is 0 Å². The fourth-order valence-electron chi connectivity index (χ4n) is 1.53. The molecule has 2 nitrogen and oxygen atoms in total. The zero-order valence-electron chi connectivity index (χ0n) is 9.03. The Hall–Kier alpha value is -1.35. The Morgan fingerprint density at radius 1 is 1.07 bits per heavy atom. The maximum absolute atomic E-state index is 5.25. The lowest BCUT2D eigenvalue weighted by Crippen LogP contribution is -1.85. The third-order valence-corrected chi connectivity index (χ3v) is 3.40. The van der Waals surface area contributed by atoms with Crippen LogP contribution >= 0.6 is 11.3 Å². The molecule has 0 radical (unpaired) electrons. The Morgan fingerprint density at radius 3 is 2.53 bits per heavy atom. The molecule has 0 atom stereocenters. The SMILES string of the molecule is COc1ccc2c(C)cc(OC)[s+]c2c1. The largest absolute Gasteiger partial charge is 0.497 e. The van der Waals surface area contributed by atoms with Gasteiger partial charge < -0.3 is 9.47 Å². The van der Waals surface area contributed by atoms with Gasteiger partial charge in [0.05, 0.1) is 14.2 Å². The lowest BCUT2D eigenvalue weighted by Gasteiger charge is -2.00. The van der Waals surface area contributed by atoms with Crippen molar-refractivity contribution in [2.75, 3.05) is 14.2 Å². The summed E-state index contributed by atoms with van der Waals surface area (Å²) in [5.74, 6) is 0.881. The minimum absolute atomic E-state index is 0.881. The minimum atomic E-state index is 0.881. The van der Waals surface area contributed by atoms with Crippen LogP contribution in [0.1, 0.15) is 5.56 Å². The number of benzene rings is 1. The fourth-order valence-corrected chi connectivity index (χ4v) is 2.58. The zero-order chi connectivity index (χ0) is 10.8. The van der Waals surface area contributed by atoms with Crippen molar-refractivity contribution in [3.05, 3.63) is 29.8 Å². The highest BCUT2D eigenvalue weighted by molar-refractivity contribution is 7.20. The average molecular weight is 221 g/mol. The maximum atomic E-state index is 5.25. The van der Waals surface area contributed by atoms with Gasteiger partial charge in [0.2, 0.25) is 4.70 Å². The summed E-state index contributed by atoms with van der Waals surface area (Å²) < 4.78 is 11.6. The summed E-state index contributed by atoms with van der Waals surface area (Å²) in [6.45, 7) is 2.09. The first-order chi connectivity index (χ1) is 7.24. The van der Waals surface area contributed by atoms with E-state index in [9.17, 15) is 0 Å². The second-order valence-corrected chi connectivity index (χ2v) is 4.36. The zero-order valence-corrected chi connectivity index (χ0v) is 9.85. The topological polar surface area (TPSA) is 18.5 Å². The summed E-state index contributed by atoms with van der Waals surface area (Å²) in [7, 11) is 3.37. The molecule has 2 rings (SSSR count). The van der Waals surface area contributed by atoms with Gasteiger partial charge in [0, 0.05) is 17.5 Å². The van der Waals surface area contributed by atoms with E-state index in [2.05, 4.69) is 19.1 Å². The second-order valence-electron chi connectivity index (χ2n) is 3.31. The van der Waals surface area contributed by atoms with Crippen molar-refractivity contribution < 1.29 is 9.47 Å². The molecule has 2 aromatic rings. The highest BCUT2D eigenvalue weighted by Gasteiger charge is 2.14. The molecule has 0 amide bonds. The van der Waals surface area contributed by atoms with Gasteiger partial charge in [-0.15, -0.1) is 0 Å². The number of hydrogen-bond donors (Lipinski definition) is 0. The molecule has 15 heavy (non-hydrogen) atoms. The van der Waals surface area contributed by atoms with E-state index < -0.39 is 0 Å². The smallest absolute Gasteiger partial charge is 0.385 e. The predicted octanol–water partition coefficient (Wildman–Crippen LogP) is 3.51. The molecule has 0 bridgehead atoms. The van der Waals surface area contributed by atoms with Crippen molar-refractivity contribution in [2.45, 2.75) is 6.92 Å². The third-order valence-electron chi connectivity index (χ3n) is 2.36. The van der Waals surface area contributed by atoms with Crippen LogP contribution in [0.15, 0.2) is 24.3 Å². The summed E-state index contributed by atoms with van der Waals surface area (Å²) in [5.41, 5.74) is 1.23. The fraction of sp³-hybridized carbons (Fsp3) is 0.250. The van der Waals surface area contributed by atoms with E-state index in [1.165, 1.54) is 15.6 Å². The van der Waals surface area contributed by atoms with Crippen LogP contribution in [0.4, 0.5) is 0 Å². The molecule has 0 aliphatic carbocycles. The first kappa shape index (κ1) is 10.2. The van der Waals surface area contributed by atoms with Crippen LogP contribution in [-0.4, -0.2) is 14.2 Å². The molecule has 1 aromatic carbocycles. The van der Waals surface area contributed by atoms with Crippen LogP contribution in [0.25, 0.3) is 10.1 Å². The summed E-state index contributed by atoms with van der Waals surface area (Å²) in [6, 6.07) is 8.16. The Balaban J connectivity index is 2.69. The number of rotatable bonds is 2. The normalized spacial score (nSPS) is 10.3. The van der Waals surface area contributed by atoms with Crippen LogP contribution in [0.2, 0.25) is 0 Å². The summed E-state index contributed by atoms with van der Waals surface area (Å²) in [4.78, 5) is 0. The highest BCUT2D eigenvalue weighted by Crippen LogP contribution is 2.32. The summed E-state index contributed by atoms with van der Waals surface area (Å²) >= 11 is 1.63. The van der Waals surface area contributed by atoms with Gasteiger partial charge in [0.15, 0.2) is 0 Å². The molecule has 0 aliphatic rings. The number of fused-ring (bicyclic) bond motifs is 1. The van der Waals surface area contributed by atoms with Gasteiger partial charge in [-0.3, -0.25) is 0 Å². The van der Waals surface area contributed by atoms with Crippen LogP contribution in [0.3, 0.4) is 0 Å². The number of ether oxygens (including phenoxy) is 2. The highest BCUT2D eigenvalue weighted by atomic mass is 32.1. The molecule has 0 N–H and O–H groups in total. The van der Waals surface area contributed by atoms with Gasteiger partial charge >= 0.3 is 5.06 Å². The monoisotopic (exact) mass is 221 g/mol. The number of aryl methyl sites for hydroxylation is 1. The molecule has 0 unspecified atom stereocenters. The van der Waals surface area contributed by atoms with Gasteiger partial charge in [-0.05, 0) is 24.6 Å². The Morgan fingerprint density at radius 2 is 1.87 bits per heavy atom. The molecular weight excluding hydrogens is 208 g/mol. The Labute approximate surface area is 93.1 Å². The van der Waals surface area contributed by atoms with Crippen LogP contribution in [0.5, 0.6) is 10.8 Å². The summed E-state index contributed by atoms with van der Waals surface area (Å²) in [5, 5.41) is 2.18. The van der Waals surface area contributed by atoms with Crippen molar-refractivity contribution >= 4 is 21.4 Å². The Bertz CT molecular complexity index is 489. The van der Waals surface area contributed by atoms with E-state index >= 15 is 0 Å². The van der Waals surface area contributed by atoms with Crippen LogP contribution in [-0.2, 0) is 0 Å². The van der Waals surface area contributed by atoms with Crippen molar-refractivity contribution in [1.82, 2.24) is 0 Å². The lowest BCUT2D eigenvalue weighted by molar-refractivity contribution is 0.415. The lowest BCUT2D eigenvalue weighted by atomic mass is 10.1. The van der Waals surface area contributed by atoms with E-state index in [0.717, 1.165) is 10.8 Å². The van der Waals surface area contributed by atoms with Gasteiger partial charge in [-0.2, -0.15) is 0 Å². The van der Waals surface area contributed by atoms with Gasteiger partial charge in [0.1, 0.15) is 5.75 Å².